The molecule has 0 saturated heterocycles. The van der Waals surface area contributed by atoms with Gasteiger partial charge in [0.2, 0.25) is 5.91 Å². The van der Waals surface area contributed by atoms with Gasteiger partial charge < -0.3 is 10.0 Å². The Labute approximate surface area is 126 Å². The van der Waals surface area contributed by atoms with Crippen molar-refractivity contribution in [3.8, 4) is 12.3 Å². The molecule has 0 unspecified atom stereocenters. The lowest BCUT2D eigenvalue weighted by Crippen LogP contribution is -2.40. The number of amides is 1. The summed E-state index contributed by atoms with van der Waals surface area (Å²) in [5.74, 6) is 1.14. The third-order valence-electron chi connectivity index (χ3n) is 2.48. The Morgan fingerprint density at radius 3 is 2.65 bits per heavy atom. The lowest BCUT2D eigenvalue weighted by Gasteiger charge is -2.21. The Bertz CT molecular complexity index is 524. The number of carbonyl (C=O) groups is 2. The SMILES string of the molecule is C#CCN(CC(=O)O)CC(=O)N(C)Cc1ccc(Cl)s1. The van der Waals surface area contributed by atoms with Crippen molar-refractivity contribution < 1.29 is 14.7 Å². The molecule has 1 amide bonds. The van der Waals surface area contributed by atoms with Gasteiger partial charge in [0.25, 0.3) is 0 Å². The van der Waals surface area contributed by atoms with Crippen molar-refractivity contribution in [2.45, 2.75) is 6.54 Å². The summed E-state index contributed by atoms with van der Waals surface area (Å²) in [6.45, 7) is 0.282. The lowest BCUT2D eigenvalue weighted by atomic mass is 10.3. The van der Waals surface area contributed by atoms with Gasteiger partial charge >= 0.3 is 5.97 Å². The van der Waals surface area contributed by atoms with Crippen molar-refractivity contribution in [1.82, 2.24) is 9.80 Å². The van der Waals surface area contributed by atoms with E-state index in [-0.39, 0.29) is 25.5 Å². The van der Waals surface area contributed by atoms with Gasteiger partial charge in [0.05, 0.1) is 30.5 Å². The first kappa shape index (κ1) is 16.5. The molecule has 1 aromatic heterocycles. The number of hydrogen-bond donors (Lipinski definition) is 1. The predicted octanol–water partition coefficient (Wildman–Crippen LogP) is 1.38. The van der Waals surface area contributed by atoms with E-state index in [4.69, 9.17) is 23.1 Å². The standard InChI is InChI=1S/C13H15ClN2O3S/c1-3-6-16(9-13(18)19)8-12(17)15(2)7-10-4-5-11(14)20-10/h1,4-5H,6-9H2,2H3,(H,18,19). The van der Waals surface area contributed by atoms with Crippen LogP contribution in [0, 0.1) is 12.3 Å². The molecule has 0 atom stereocenters. The van der Waals surface area contributed by atoms with E-state index in [1.165, 1.54) is 21.1 Å². The monoisotopic (exact) mass is 314 g/mol. The van der Waals surface area contributed by atoms with Crippen LogP contribution in [-0.4, -0.2) is 53.5 Å². The second-order valence-corrected chi connectivity index (χ2v) is 6.00. The molecule has 0 aliphatic rings. The van der Waals surface area contributed by atoms with Gasteiger partial charge in [0, 0.05) is 11.9 Å². The molecule has 0 radical (unpaired) electrons. The van der Waals surface area contributed by atoms with Crippen molar-refractivity contribution in [3.05, 3.63) is 21.3 Å². The number of halogens is 1. The highest BCUT2D eigenvalue weighted by atomic mass is 35.5. The van der Waals surface area contributed by atoms with Crippen molar-refractivity contribution in [3.63, 3.8) is 0 Å². The molecule has 0 bridgehead atoms. The van der Waals surface area contributed by atoms with E-state index in [1.54, 1.807) is 13.1 Å². The van der Waals surface area contributed by atoms with E-state index in [2.05, 4.69) is 5.92 Å². The molecule has 0 spiro atoms. The second kappa shape index (κ2) is 7.90. The van der Waals surface area contributed by atoms with E-state index in [1.807, 2.05) is 6.07 Å². The van der Waals surface area contributed by atoms with Crippen LogP contribution in [0.4, 0.5) is 0 Å². The summed E-state index contributed by atoms with van der Waals surface area (Å²) in [6, 6.07) is 3.63. The average molecular weight is 315 g/mol. The fourth-order valence-electron chi connectivity index (χ4n) is 1.56. The van der Waals surface area contributed by atoms with Crippen molar-refractivity contribution in [2.24, 2.45) is 0 Å². The molecule has 0 aromatic carbocycles. The van der Waals surface area contributed by atoms with Gasteiger partial charge in [-0.2, -0.15) is 0 Å². The topological polar surface area (TPSA) is 60.9 Å². The van der Waals surface area contributed by atoms with Gasteiger partial charge in [-0.25, -0.2) is 0 Å². The number of rotatable bonds is 7. The van der Waals surface area contributed by atoms with E-state index >= 15 is 0 Å². The Balaban J connectivity index is 2.54. The second-order valence-electron chi connectivity index (χ2n) is 4.20. The molecule has 0 aliphatic heterocycles. The van der Waals surface area contributed by atoms with Crippen LogP contribution in [-0.2, 0) is 16.1 Å². The molecular weight excluding hydrogens is 300 g/mol. The molecule has 1 rings (SSSR count). The largest absolute Gasteiger partial charge is 0.480 e. The van der Waals surface area contributed by atoms with E-state index in [9.17, 15) is 9.59 Å². The fraction of sp³-hybridized carbons (Fsp3) is 0.385. The molecule has 7 heteroatoms. The van der Waals surface area contributed by atoms with Crippen LogP contribution in [0.5, 0.6) is 0 Å². The van der Waals surface area contributed by atoms with E-state index < -0.39 is 5.97 Å². The van der Waals surface area contributed by atoms with Crippen LogP contribution in [0.15, 0.2) is 12.1 Å². The highest BCUT2D eigenvalue weighted by molar-refractivity contribution is 7.16. The zero-order valence-electron chi connectivity index (χ0n) is 11.0. The average Bonchev–Trinajstić information content (AvgIpc) is 2.74. The third-order valence-corrected chi connectivity index (χ3v) is 3.70. The smallest absolute Gasteiger partial charge is 0.317 e. The van der Waals surface area contributed by atoms with Gasteiger partial charge in [-0.15, -0.1) is 17.8 Å². The zero-order chi connectivity index (χ0) is 15.1. The minimum atomic E-state index is -1.01. The van der Waals surface area contributed by atoms with Gasteiger partial charge in [0.1, 0.15) is 0 Å². The van der Waals surface area contributed by atoms with Crippen molar-refractivity contribution in [2.75, 3.05) is 26.7 Å². The molecule has 1 aromatic rings. The molecule has 108 valence electrons. The number of thiophene rings is 1. The molecule has 0 saturated carbocycles. The van der Waals surface area contributed by atoms with Crippen LogP contribution < -0.4 is 0 Å². The summed E-state index contributed by atoms with van der Waals surface area (Å²) in [5, 5.41) is 8.75. The Morgan fingerprint density at radius 1 is 1.45 bits per heavy atom. The molecule has 0 aliphatic carbocycles. The van der Waals surface area contributed by atoms with Crippen molar-refractivity contribution in [1.29, 1.82) is 0 Å². The first-order valence-corrected chi connectivity index (χ1v) is 6.97. The Kier molecular flexibility index (Phi) is 6.52. The van der Waals surface area contributed by atoms with Gasteiger partial charge in [-0.3, -0.25) is 14.5 Å². The molecule has 20 heavy (non-hydrogen) atoms. The fourth-order valence-corrected chi connectivity index (χ4v) is 2.70. The number of carboxylic acid groups (broad SMARTS) is 1. The van der Waals surface area contributed by atoms with Crippen LogP contribution in [0.3, 0.4) is 0 Å². The van der Waals surface area contributed by atoms with Crippen LogP contribution in [0.1, 0.15) is 4.88 Å². The number of likely N-dealkylation sites (N-methyl/N-ethyl adjacent to an activating group) is 1. The quantitative estimate of drug-likeness (QED) is 0.772. The molecular formula is C13H15ClN2O3S. The number of terminal acetylenes is 1. The summed E-state index contributed by atoms with van der Waals surface area (Å²) in [6.07, 6.45) is 5.16. The number of aliphatic carboxylic acids is 1. The van der Waals surface area contributed by atoms with Crippen LogP contribution in [0.2, 0.25) is 4.34 Å². The maximum absolute atomic E-state index is 12.0. The third kappa shape index (κ3) is 5.61. The van der Waals surface area contributed by atoms with Crippen molar-refractivity contribution >= 4 is 34.8 Å². The van der Waals surface area contributed by atoms with Gasteiger partial charge in [-0.05, 0) is 12.1 Å². The first-order chi connectivity index (χ1) is 9.42. The summed E-state index contributed by atoms with van der Waals surface area (Å²) in [4.78, 5) is 26.6. The van der Waals surface area contributed by atoms with E-state index in [0.29, 0.717) is 10.9 Å². The van der Waals surface area contributed by atoms with E-state index in [0.717, 1.165) is 4.88 Å². The lowest BCUT2D eigenvalue weighted by molar-refractivity contribution is -0.139. The normalized spacial score (nSPS) is 10.3. The maximum Gasteiger partial charge on any atom is 0.317 e. The summed E-state index contributed by atoms with van der Waals surface area (Å²) in [5.41, 5.74) is 0. The minimum Gasteiger partial charge on any atom is -0.480 e. The number of hydrogen-bond acceptors (Lipinski definition) is 4. The van der Waals surface area contributed by atoms with Gasteiger partial charge in [-0.1, -0.05) is 17.5 Å². The van der Waals surface area contributed by atoms with Gasteiger partial charge in [0.15, 0.2) is 0 Å². The zero-order valence-corrected chi connectivity index (χ0v) is 12.6. The highest BCUT2D eigenvalue weighted by Gasteiger charge is 2.16. The van der Waals surface area contributed by atoms with Crippen LogP contribution in [0.25, 0.3) is 0 Å². The maximum atomic E-state index is 12.0. The molecule has 1 heterocycles. The summed E-state index contributed by atoms with van der Waals surface area (Å²) < 4.78 is 0.667. The molecule has 0 fully saturated rings. The molecule has 5 nitrogen and oxygen atoms in total. The molecule has 1 N–H and O–H groups in total. The Hall–Kier alpha value is -1.55. The predicted molar refractivity (Wildman–Crippen MR) is 78.7 cm³/mol. The minimum absolute atomic E-state index is 0.0217. The summed E-state index contributed by atoms with van der Waals surface area (Å²) >= 11 is 7.23. The number of carbonyl (C=O) groups excluding carboxylic acids is 1. The summed E-state index contributed by atoms with van der Waals surface area (Å²) in [7, 11) is 1.66. The highest BCUT2D eigenvalue weighted by Crippen LogP contribution is 2.22. The Morgan fingerprint density at radius 2 is 2.15 bits per heavy atom. The number of carboxylic acids is 1. The first-order valence-electron chi connectivity index (χ1n) is 5.78. The number of nitrogens with zero attached hydrogens (tertiary/aromatic N) is 2. The van der Waals surface area contributed by atoms with Crippen LogP contribution >= 0.6 is 22.9 Å².